The number of carbonyl (C=O) groups excluding carboxylic acids is 1. The molecule has 0 aliphatic rings. The highest BCUT2D eigenvalue weighted by atomic mass is 32.2. The monoisotopic (exact) mass is 414 g/mol. The Morgan fingerprint density at radius 1 is 1.07 bits per heavy atom. The van der Waals surface area contributed by atoms with E-state index in [4.69, 9.17) is 0 Å². The Morgan fingerprint density at radius 2 is 1.70 bits per heavy atom. The number of anilines is 1. The van der Waals surface area contributed by atoms with Crippen molar-refractivity contribution in [3.05, 3.63) is 59.9 Å². The largest absolute Gasteiger partial charge is 0.298 e. The Bertz CT molecular complexity index is 1040. The number of hydrogen-bond acceptors (Lipinski definition) is 5. The van der Waals surface area contributed by atoms with Crippen LogP contribution in [0.1, 0.15) is 12.5 Å². The first kappa shape index (κ1) is 21.0. The molecule has 10 heteroatoms. The van der Waals surface area contributed by atoms with E-state index in [0.29, 0.717) is 0 Å². The minimum atomic E-state index is -4.31. The second-order valence-corrected chi connectivity index (χ2v) is 9.42. The Kier molecular flexibility index (Phi) is 6.34. The Morgan fingerprint density at radius 3 is 2.26 bits per heavy atom. The molecule has 0 heterocycles. The summed E-state index contributed by atoms with van der Waals surface area (Å²) in [7, 11) is -7.94. The lowest BCUT2D eigenvalue weighted by Gasteiger charge is -2.14. The molecule has 0 unspecified atom stereocenters. The van der Waals surface area contributed by atoms with Crippen molar-refractivity contribution >= 4 is 31.5 Å². The van der Waals surface area contributed by atoms with Gasteiger partial charge in [-0.15, -0.1) is 0 Å². The van der Waals surface area contributed by atoms with E-state index < -0.39 is 36.8 Å². The quantitative estimate of drug-likeness (QED) is 0.683. The summed E-state index contributed by atoms with van der Waals surface area (Å²) in [5.74, 6) is -1.51. The first-order chi connectivity index (χ1) is 12.5. The summed E-state index contributed by atoms with van der Waals surface area (Å²) in [5.41, 5.74) is 0.623. The summed E-state index contributed by atoms with van der Waals surface area (Å²) in [6.45, 7) is 1.38. The average Bonchev–Trinajstić information content (AvgIpc) is 2.53. The molecule has 0 spiro atoms. The van der Waals surface area contributed by atoms with E-state index in [1.165, 1.54) is 6.92 Å². The molecule has 0 saturated carbocycles. The number of halogens is 1. The third-order valence-corrected chi connectivity index (χ3v) is 5.74. The van der Waals surface area contributed by atoms with Crippen LogP contribution in [0.25, 0.3) is 0 Å². The van der Waals surface area contributed by atoms with Gasteiger partial charge in [-0.3, -0.25) is 9.52 Å². The van der Waals surface area contributed by atoms with E-state index >= 15 is 0 Å². The SMILES string of the molecule is C[C@H](NS(=O)(=O)c1ccc(NS(C)(=O)=O)cc1F)C(=O)Cc1ccccc1. The predicted octanol–water partition coefficient (Wildman–Crippen LogP) is 1.68. The molecule has 7 nitrogen and oxygen atoms in total. The van der Waals surface area contributed by atoms with Gasteiger partial charge in [-0.2, -0.15) is 0 Å². The Hall–Kier alpha value is -2.30. The zero-order chi connectivity index (χ0) is 20.2. The highest BCUT2D eigenvalue weighted by molar-refractivity contribution is 7.92. The number of benzene rings is 2. The van der Waals surface area contributed by atoms with Gasteiger partial charge in [0.1, 0.15) is 10.7 Å². The molecule has 2 aromatic rings. The number of rotatable bonds is 8. The normalized spacial score (nSPS) is 13.1. The molecule has 2 N–H and O–H groups in total. The van der Waals surface area contributed by atoms with Crippen LogP contribution >= 0.6 is 0 Å². The molecule has 0 aliphatic heterocycles. The van der Waals surface area contributed by atoms with Crippen molar-refractivity contribution in [2.45, 2.75) is 24.3 Å². The summed E-state index contributed by atoms with van der Waals surface area (Å²) in [5, 5.41) is 0. The minimum absolute atomic E-state index is 0.0320. The Labute approximate surface area is 157 Å². The second kappa shape index (κ2) is 8.15. The van der Waals surface area contributed by atoms with E-state index in [1.807, 2.05) is 4.72 Å². The fourth-order valence-electron chi connectivity index (χ4n) is 2.31. The third kappa shape index (κ3) is 6.12. The number of ketones is 1. The van der Waals surface area contributed by atoms with Crippen LogP contribution in [0.2, 0.25) is 0 Å². The Balaban J connectivity index is 2.14. The maximum Gasteiger partial charge on any atom is 0.244 e. The lowest BCUT2D eigenvalue weighted by atomic mass is 10.1. The van der Waals surface area contributed by atoms with E-state index in [0.717, 1.165) is 30.0 Å². The molecule has 0 aliphatic carbocycles. The van der Waals surface area contributed by atoms with Crippen LogP contribution in [0.5, 0.6) is 0 Å². The molecule has 0 fully saturated rings. The van der Waals surface area contributed by atoms with Crippen molar-refractivity contribution in [2.75, 3.05) is 11.0 Å². The summed E-state index contributed by atoms with van der Waals surface area (Å²) in [4.78, 5) is 11.5. The molecular formula is C17H19FN2O5S2. The van der Waals surface area contributed by atoms with Gasteiger partial charge in [-0.25, -0.2) is 25.9 Å². The van der Waals surface area contributed by atoms with Crippen LogP contribution < -0.4 is 9.44 Å². The van der Waals surface area contributed by atoms with Gasteiger partial charge in [0, 0.05) is 6.42 Å². The fraction of sp³-hybridized carbons (Fsp3) is 0.235. The average molecular weight is 414 g/mol. The summed E-state index contributed by atoms with van der Waals surface area (Å²) >= 11 is 0. The summed E-state index contributed by atoms with van der Waals surface area (Å²) in [6.07, 6.45) is 0.918. The van der Waals surface area contributed by atoms with Gasteiger partial charge < -0.3 is 0 Å². The van der Waals surface area contributed by atoms with Crippen LogP contribution in [-0.2, 0) is 31.3 Å². The van der Waals surface area contributed by atoms with Gasteiger partial charge in [-0.1, -0.05) is 30.3 Å². The fourth-order valence-corrected chi connectivity index (χ4v) is 4.15. The zero-order valence-electron chi connectivity index (χ0n) is 14.6. The topological polar surface area (TPSA) is 109 Å². The van der Waals surface area contributed by atoms with Crippen molar-refractivity contribution in [3.63, 3.8) is 0 Å². The van der Waals surface area contributed by atoms with Crippen molar-refractivity contribution < 1.29 is 26.0 Å². The van der Waals surface area contributed by atoms with Gasteiger partial charge in [-0.05, 0) is 30.7 Å². The van der Waals surface area contributed by atoms with Crippen LogP contribution in [0, 0.1) is 5.82 Å². The summed E-state index contributed by atoms with van der Waals surface area (Å²) < 4.78 is 65.5. The van der Waals surface area contributed by atoms with Gasteiger partial charge >= 0.3 is 0 Å². The van der Waals surface area contributed by atoms with E-state index in [1.54, 1.807) is 30.3 Å². The molecule has 0 saturated heterocycles. The number of sulfonamides is 2. The first-order valence-electron chi connectivity index (χ1n) is 7.84. The van der Waals surface area contributed by atoms with Crippen LogP contribution in [0.3, 0.4) is 0 Å². The highest BCUT2D eigenvalue weighted by Crippen LogP contribution is 2.20. The molecule has 27 heavy (non-hydrogen) atoms. The molecule has 0 radical (unpaired) electrons. The molecule has 0 amide bonds. The molecule has 0 aromatic heterocycles. The maximum absolute atomic E-state index is 14.2. The third-order valence-electron chi connectivity index (χ3n) is 3.56. The number of carbonyl (C=O) groups is 1. The molecule has 2 aromatic carbocycles. The zero-order valence-corrected chi connectivity index (χ0v) is 16.3. The van der Waals surface area contributed by atoms with Gasteiger partial charge in [0.05, 0.1) is 18.0 Å². The summed E-state index contributed by atoms with van der Waals surface area (Å²) in [6, 6.07) is 10.5. The van der Waals surface area contributed by atoms with Gasteiger partial charge in [0.2, 0.25) is 20.0 Å². The molecule has 0 bridgehead atoms. The lowest BCUT2D eigenvalue weighted by Crippen LogP contribution is -2.39. The van der Waals surface area contributed by atoms with Gasteiger partial charge in [0.15, 0.2) is 5.78 Å². The molecular weight excluding hydrogens is 395 g/mol. The van der Waals surface area contributed by atoms with E-state index in [2.05, 4.69) is 4.72 Å². The predicted molar refractivity (Wildman–Crippen MR) is 99.8 cm³/mol. The van der Waals surface area contributed by atoms with Crippen molar-refractivity contribution in [2.24, 2.45) is 0 Å². The second-order valence-electron chi connectivity index (χ2n) is 5.99. The molecule has 2 rings (SSSR count). The van der Waals surface area contributed by atoms with Crippen LogP contribution in [0.15, 0.2) is 53.4 Å². The number of nitrogens with one attached hydrogen (secondary N) is 2. The van der Waals surface area contributed by atoms with Crippen molar-refractivity contribution in [1.29, 1.82) is 0 Å². The smallest absolute Gasteiger partial charge is 0.244 e. The van der Waals surface area contributed by atoms with Crippen LogP contribution in [-0.4, -0.2) is 34.9 Å². The van der Waals surface area contributed by atoms with E-state index in [9.17, 15) is 26.0 Å². The van der Waals surface area contributed by atoms with Gasteiger partial charge in [0.25, 0.3) is 0 Å². The van der Waals surface area contributed by atoms with E-state index in [-0.39, 0.29) is 17.9 Å². The maximum atomic E-state index is 14.2. The first-order valence-corrected chi connectivity index (χ1v) is 11.2. The number of Topliss-reactive ketones (excluding diaryl/α,β-unsaturated/α-hetero) is 1. The number of hydrogen-bond donors (Lipinski definition) is 2. The van der Waals surface area contributed by atoms with Crippen molar-refractivity contribution in [1.82, 2.24) is 4.72 Å². The molecule has 1 atom stereocenters. The highest BCUT2D eigenvalue weighted by Gasteiger charge is 2.25. The van der Waals surface area contributed by atoms with Crippen LogP contribution in [0.4, 0.5) is 10.1 Å². The standard InChI is InChI=1S/C17H19FN2O5S2/c1-12(16(21)10-13-6-4-3-5-7-13)19-27(24,25)17-9-8-14(11-15(17)18)20-26(2,22)23/h3-9,11-12,19-20H,10H2,1-2H3/t12-/m0/s1. The minimum Gasteiger partial charge on any atom is -0.298 e. The van der Waals surface area contributed by atoms with Crippen molar-refractivity contribution in [3.8, 4) is 0 Å². The molecule has 146 valence electrons. The lowest BCUT2D eigenvalue weighted by molar-refractivity contribution is -0.119.